The van der Waals surface area contributed by atoms with Gasteiger partial charge in [0.05, 0.1) is 33.6 Å². The van der Waals surface area contributed by atoms with E-state index in [1.54, 1.807) is 48.5 Å². The summed E-state index contributed by atoms with van der Waals surface area (Å²) in [5.74, 6) is -0.370. The number of hydrogen-bond donors (Lipinski definition) is 1. The standard InChI is InChI=1S/C25H18Cl2N4O2S/c26-18-10-12-20(13-11-18)31-24(33)21-8-4-5-9-22(21)29-25(31)34-16-23(32)30-28-15-19(27)14-17-6-2-1-3-7-17/h1-15H,16H2,(H,30,32)/b19-14-,28-15-. The van der Waals surface area contributed by atoms with Crippen LogP contribution in [0.2, 0.25) is 5.02 Å². The van der Waals surface area contributed by atoms with E-state index in [1.807, 2.05) is 36.4 Å². The van der Waals surface area contributed by atoms with Gasteiger partial charge >= 0.3 is 0 Å². The Hall–Kier alpha value is -3.39. The number of rotatable bonds is 7. The number of thioether (sulfide) groups is 1. The number of allylic oxidation sites excluding steroid dienone is 1. The van der Waals surface area contributed by atoms with Crippen molar-refractivity contribution >= 4 is 64.1 Å². The van der Waals surface area contributed by atoms with Gasteiger partial charge in [-0.25, -0.2) is 10.4 Å². The molecule has 0 aliphatic carbocycles. The van der Waals surface area contributed by atoms with Crippen molar-refractivity contribution < 1.29 is 4.79 Å². The quantitative estimate of drug-likeness (QED) is 0.154. The summed E-state index contributed by atoms with van der Waals surface area (Å²) in [6, 6.07) is 23.5. The molecule has 0 saturated heterocycles. The van der Waals surface area contributed by atoms with E-state index >= 15 is 0 Å². The summed E-state index contributed by atoms with van der Waals surface area (Å²) in [6.07, 6.45) is 3.09. The molecule has 9 heteroatoms. The van der Waals surface area contributed by atoms with E-state index in [9.17, 15) is 9.59 Å². The molecule has 0 atom stereocenters. The third kappa shape index (κ3) is 5.94. The van der Waals surface area contributed by atoms with E-state index in [4.69, 9.17) is 23.2 Å². The molecule has 6 nitrogen and oxygen atoms in total. The summed E-state index contributed by atoms with van der Waals surface area (Å²) in [7, 11) is 0. The van der Waals surface area contributed by atoms with Crippen LogP contribution in [0.5, 0.6) is 0 Å². The highest BCUT2D eigenvalue weighted by molar-refractivity contribution is 7.99. The molecule has 34 heavy (non-hydrogen) atoms. The van der Waals surface area contributed by atoms with Crippen molar-refractivity contribution in [2.24, 2.45) is 5.10 Å². The first-order valence-corrected chi connectivity index (χ1v) is 11.9. The lowest BCUT2D eigenvalue weighted by Gasteiger charge is -2.13. The first-order chi connectivity index (χ1) is 16.5. The van der Waals surface area contributed by atoms with Gasteiger partial charge < -0.3 is 0 Å². The van der Waals surface area contributed by atoms with Crippen molar-refractivity contribution in [3.05, 3.63) is 105 Å². The number of benzene rings is 3. The molecule has 0 bridgehead atoms. The number of amides is 1. The maximum absolute atomic E-state index is 13.2. The van der Waals surface area contributed by atoms with Gasteiger partial charge in [-0.15, -0.1) is 0 Å². The Morgan fingerprint density at radius 2 is 1.74 bits per heavy atom. The molecule has 0 radical (unpaired) electrons. The first kappa shape index (κ1) is 23.8. The zero-order valence-corrected chi connectivity index (χ0v) is 20.0. The van der Waals surface area contributed by atoms with Crippen LogP contribution in [-0.4, -0.2) is 27.4 Å². The topological polar surface area (TPSA) is 76.3 Å². The van der Waals surface area contributed by atoms with Gasteiger partial charge in [0, 0.05) is 5.02 Å². The molecule has 4 aromatic rings. The van der Waals surface area contributed by atoms with Gasteiger partial charge in [-0.1, -0.05) is 77.4 Å². The summed E-state index contributed by atoms with van der Waals surface area (Å²) < 4.78 is 1.47. The lowest BCUT2D eigenvalue weighted by Crippen LogP contribution is -2.24. The molecule has 1 heterocycles. The third-order valence-electron chi connectivity index (χ3n) is 4.64. The number of carbonyl (C=O) groups excluding carboxylic acids is 1. The monoisotopic (exact) mass is 508 g/mol. The average molecular weight is 509 g/mol. The summed E-state index contributed by atoms with van der Waals surface area (Å²) in [6.45, 7) is 0. The second-order valence-corrected chi connectivity index (χ2v) is 8.87. The molecule has 0 unspecified atom stereocenters. The normalized spacial score (nSPS) is 11.8. The highest BCUT2D eigenvalue weighted by Gasteiger charge is 2.14. The Labute approximate surface area is 209 Å². The number of nitrogens with zero attached hydrogens (tertiary/aromatic N) is 3. The molecular weight excluding hydrogens is 491 g/mol. The van der Waals surface area contributed by atoms with Crippen LogP contribution in [0.3, 0.4) is 0 Å². The lowest BCUT2D eigenvalue weighted by molar-refractivity contribution is -0.118. The molecule has 0 saturated carbocycles. The van der Waals surface area contributed by atoms with Gasteiger partial charge in [-0.2, -0.15) is 5.10 Å². The number of hydrogen-bond acceptors (Lipinski definition) is 5. The number of carbonyl (C=O) groups is 1. The summed E-state index contributed by atoms with van der Waals surface area (Å²) in [5.41, 5.74) is 4.29. The number of hydrazone groups is 1. The smallest absolute Gasteiger partial charge is 0.266 e. The molecular formula is C25H18Cl2N4O2S. The molecule has 3 aromatic carbocycles. The highest BCUT2D eigenvalue weighted by atomic mass is 35.5. The Balaban J connectivity index is 1.51. The largest absolute Gasteiger partial charge is 0.272 e. The van der Waals surface area contributed by atoms with Crippen LogP contribution in [-0.2, 0) is 4.79 Å². The predicted molar refractivity (Wildman–Crippen MR) is 140 cm³/mol. The van der Waals surface area contributed by atoms with Gasteiger partial charge in [0.25, 0.3) is 11.5 Å². The molecule has 0 aliphatic heterocycles. The van der Waals surface area contributed by atoms with Crippen LogP contribution in [0.1, 0.15) is 5.56 Å². The maximum atomic E-state index is 13.2. The van der Waals surface area contributed by atoms with Crippen LogP contribution in [0.4, 0.5) is 0 Å². The number of nitrogens with one attached hydrogen (secondary N) is 1. The molecule has 0 spiro atoms. The fraction of sp³-hybridized carbons (Fsp3) is 0.0400. The van der Waals surface area contributed by atoms with Gasteiger partial charge in [0.1, 0.15) is 0 Å². The third-order valence-corrected chi connectivity index (χ3v) is 6.04. The lowest BCUT2D eigenvalue weighted by atomic mass is 10.2. The minimum Gasteiger partial charge on any atom is -0.272 e. The van der Waals surface area contributed by atoms with Gasteiger partial charge in [0.15, 0.2) is 5.16 Å². The summed E-state index contributed by atoms with van der Waals surface area (Å²) in [5, 5.41) is 5.68. The van der Waals surface area contributed by atoms with Crippen LogP contribution in [0.15, 0.2) is 98.9 Å². The molecule has 1 aromatic heterocycles. The minimum atomic E-state index is -0.365. The average Bonchev–Trinajstić information content (AvgIpc) is 2.84. The Bertz CT molecular complexity index is 1440. The Morgan fingerprint density at radius 3 is 2.50 bits per heavy atom. The van der Waals surface area contributed by atoms with E-state index in [0.717, 1.165) is 17.3 Å². The van der Waals surface area contributed by atoms with Crippen molar-refractivity contribution in [3.8, 4) is 5.69 Å². The fourth-order valence-electron chi connectivity index (χ4n) is 3.10. The maximum Gasteiger partial charge on any atom is 0.266 e. The van der Waals surface area contributed by atoms with E-state index in [2.05, 4.69) is 15.5 Å². The van der Waals surface area contributed by atoms with E-state index in [-0.39, 0.29) is 17.2 Å². The first-order valence-electron chi connectivity index (χ1n) is 10.2. The van der Waals surface area contributed by atoms with Crippen LogP contribution >= 0.6 is 35.0 Å². The summed E-state index contributed by atoms with van der Waals surface area (Å²) >= 11 is 13.3. The molecule has 0 aliphatic rings. The number of aromatic nitrogens is 2. The van der Waals surface area contributed by atoms with Crippen molar-refractivity contribution in [2.75, 3.05) is 5.75 Å². The van der Waals surface area contributed by atoms with Gasteiger partial charge in [-0.3, -0.25) is 14.2 Å². The van der Waals surface area contributed by atoms with Crippen molar-refractivity contribution in [2.45, 2.75) is 5.16 Å². The summed E-state index contributed by atoms with van der Waals surface area (Å²) in [4.78, 5) is 30.2. The van der Waals surface area contributed by atoms with Crippen LogP contribution in [0, 0.1) is 0 Å². The molecule has 1 N–H and O–H groups in total. The number of fused-ring (bicyclic) bond motifs is 1. The molecule has 1 amide bonds. The number of para-hydroxylation sites is 1. The fourth-order valence-corrected chi connectivity index (χ4v) is 4.21. The zero-order valence-electron chi connectivity index (χ0n) is 17.7. The van der Waals surface area contributed by atoms with E-state index in [1.165, 1.54) is 10.8 Å². The SMILES string of the molecule is O=C(CSc1nc2ccccc2c(=O)n1-c1ccc(Cl)cc1)N/N=C\C(Cl)=C\c1ccccc1. The van der Waals surface area contributed by atoms with E-state index in [0.29, 0.717) is 31.8 Å². The van der Waals surface area contributed by atoms with Crippen molar-refractivity contribution in [1.29, 1.82) is 0 Å². The second-order valence-electron chi connectivity index (χ2n) is 7.05. The Morgan fingerprint density at radius 1 is 1.03 bits per heavy atom. The predicted octanol–water partition coefficient (Wildman–Crippen LogP) is 5.51. The van der Waals surface area contributed by atoms with Crippen molar-refractivity contribution in [3.63, 3.8) is 0 Å². The highest BCUT2D eigenvalue weighted by Crippen LogP contribution is 2.22. The molecule has 4 rings (SSSR count). The van der Waals surface area contributed by atoms with Gasteiger partial charge in [0.2, 0.25) is 0 Å². The Kier molecular flexibility index (Phi) is 7.80. The molecule has 170 valence electrons. The van der Waals surface area contributed by atoms with Crippen LogP contribution < -0.4 is 11.0 Å². The molecule has 0 fully saturated rings. The minimum absolute atomic E-state index is 0.00424. The number of halogens is 2. The van der Waals surface area contributed by atoms with Gasteiger partial charge in [-0.05, 0) is 48.0 Å². The van der Waals surface area contributed by atoms with E-state index < -0.39 is 0 Å². The second kappa shape index (κ2) is 11.2. The van der Waals surface area contributed by atoms with Crippen molar-refractivity contribution in [1.82, 2.24) is 15.0 Å². The van der Waals surface area contributed by atoms with Crippen LogP contribution in [0.25, 0.3) is 22.7 Å². The zero-order chi connectivity index (χ0) is 23.9.